The molecule has 0 saturated heterocycles. The third-order valence-corrected chi connectivity index (χ3v) is 2.82. The number of aliphatic imine (C=N–C) groups is 1. The fourth-order valence-electron chi connectivity index (χ4n) is 1.20. The van der Waals surface area contributed by atoms with Gasteiger partial charge in [0, 0.05) is 6.54 Å². The van der Waals surface area contributed by atoms with Crippen molar-refractivity contribution in [1.29, 1.82) is 0 Å². The number of amidine groups is 1. The molecule has 0 amide bonds. The average molecular weight is 193 g/mol. The minimum Gasteiger partial charge on any atom is -0.326 e. The lowest BCUT2D eigenvalue weighted by atomic mass is 10.2. The van der Waals surface area contributed by atoms with Crippen molar-refractivity contribution in [1.82, 2.24) is 4.72 Å². The lowest BCUT2D eigenvalue weighted by Crippen LogP contribution is -2.14. The first-order valence-corrected chi connectivity index (χ1v) is 4.92. The maximum absolute atomic E-state index is 5.55. The minimum absolute atomic E-state index is 0.569. The normalized spacial score (nSPS) is 14.5. The van der Waals surface area contributed by atoms with Gasteiger partial charge in [-0.25, -0.2) is 4.99 Å². The van der Waals surface area contributed by atoms with E-state index in [2.05, 4.69) is 9.71 Å². The molecule has 0 spiro atoms. The maximum atomic E-state index is 5.55. The third kappa shape index (κ3) is 1.68. The second kappa shape index (κ2) is 3.40. The van der Waals surface area contributed by atoms with Gasteiger partial charge in [0.15, 0.2) is 0 Å². The molecule has 1 heterocycles. The second-order valence-corrected chi connectivity index (χ2v) is 3.76. The van der Waals surface area contributed by atoms with Gasteiger partial charge in [-0.2, -0.15) is 0 Å². The fourth-order valence-corrected chi connectivity index (χ4v) is 1.84. The van der Waals surface area contributed by atoms with E-state index < -0.39 is 0 Å². The molecule has 3 N–H and O–H groups in total. The number of benzene rings is 1. The lowest BCUT2D eigenvalue weighted by Gasteiger charge is -2.14. The third-order valence-electron chi connectivity index (χ3n) is 1.86. The van der Waals surface area contributed by atoms with Gasteiger partial charge in [0.25, 0.3) is 0 Å². The number of hydrogen-bond acceptors (Lipinski definition) is 4. The first kappa shape index (κ1) is 8.59. The molecule has 0 unspecified atom stereocenters. The predicted octanol–water partition coefficient (Wildman–Crippen LogP) is 1.81. The van der Waals surface area contributed by atoms with Crippen LogP contribution >= 0.6 is 11.9 Å². The fraction of sp³-hybridized carbons (Fsp3) is 0.222. The summed E-state index contributed by atoms with van der Waals surface area (Å²) in [5.74, 6) is 0.937. The molecule has 4 heteroatoms. The lowest BCUT2D eigenvalue weighted by molar-refractivity contribution is 1.06. The van der Waals surface area contributed by atoms with Crippen molar-refractivity contribution in [3.05, 3.63) is 23.8 Å². The Labute approximate surface area is 81.6 Å². The van der Waals surface area contributed by atoms with E-state index in [1.807, 2.05) is 25.1 Å². The van der Waals surface area contributed by atoms with Crippen molar-refractivity contribution < 1.29 is 0 Å². The zero-order valence-corrected chi connectivity index (χ0v) is 8.19. The zero-order chi connectivity index (χ0) is 9.26. The summed E-state index contributed by atoms with van der Waals surface area (Å²) in [6.07, 6.45) is 0. The predicted molar refractivity (Wildman–Crippen MR) is 56.1 cm³/mol. The molecule has 0 bridgehead atoms. The molecule has 1 aromatic carbocycles. The summed E-state index contributed by atoms with van der Waals surface area (Å²) in [6.45, 7) is 2.52. The Morgan fingerprint density at radius 2 is 2.38 bits per heavy atom. The molecule has 0 saturated carbocycles. The van der Waals surface area contributed by atoms with Gasteiger partial charge in [-0.1, -0.05) is 6.07 Å². The summed E-state index contributed by atoms with van der Waals surface area (Å²) in [4.78, 5) is 5.54. The number of nitrogens with zero attached hydrogens (tertiary/aromatic N) is 1. The molecule has 0 fully saturated rings. The smallest absolute Gasteiger partial charge is 0.109 e. The van der Waals surface area contributed by atoms with Crippen molar-refractivity contribution in [2.45, 2.75) is 18.4 Å². The summed E-state index contributed by atoms with van der Waals surface area (Å²) in [7, 11) is 0. The van der Waals surface area contributed by atoms with E-state index in [0.29, 0.717) is 6.54 Å². The molecule has 2 rings (SSSR count). The van der Waals surface area contributed by atoms with Crippen molar-refractivity contribution in [2.24, 2.45) is 10.7 Å². The molecule has 0 aliphatic carbocycles. The van der Waals surface area contributed by atoms with E-state index in [4.69, 9.17) is 5.73 Å². The van der Waals surface area contributed by atoms with Crippen LogP contribution in [0, 0.1) is 0 Å². The molecule has 0 radical (unpaired) electrons. The Balaban J connectivity index is 2.45. The van der Waals surface area contributed by atoms with Gasteiger partial charge < -0.3 is 10.5 Å². The van der Waals surface area contributed by atoms with Crippen LogP contribution in [0.5, 0.6) is 0 Å². The highest BCUT2D eigenvalue weighted by atomic mass is 32.2. The van der Waals surface area contributed by atoms with Gasteiger partial charge in [0.2, 0.25) is 0 Å². The summed E-state index contributed by atoms with van der Waals surface area (Å²) >= 11 is 1.59. The highest BCUT2D eigenvalue weighted by Crippen LogP contribution is 2.31. The molecular weight excluding hydrogens is 182 g/mol. The van der Waals surface area contributed by atoms with E-state index in [-0.39, 0.29) is 0 Å². The van der Waals surface area contributed by atoms with E-state index in [1.54, 1.807) is 11.9 Å². The maximum Gasteiger partial charge on any atom is 0.109 e. The zero-order valence-electron chi connectivity index (χ0n) is 7.37. The van der Waals surface area contributed by atoms with E-state index >= 15 is 0 Å². The van der Waals surface area contributed by atoms with Gasteiger partial charge >= 0.3 is 0 Å². The Morgan fingerprint density at radius 3 is 3.15 bits per heavy atom. The number of rotatable bonds is 1. The van der Waals surface area contributed by atoms with Crippen molar-refractivity contribution in [3.8, 4) is 0 Å². The first-order valence-electron chi connectivity index (χ1n) is 4.11. The molecule has 0 atom stereocenters. The van der Waals surface area contributed by atoms with E-state index in [9.17, 15) is 0 Å². The van der Waals surface area contributed by atoms with Gasteiger partial charge in [-0.3, -0.25) is 0 Å². The summed E-state index contributed by atoms with van der Waals surface area (Å²) < 4.78 is 3.11. The highest BCUT2D eigenvalue weighted by Gasteiger charge is 2.08. The molecule has 0 aromatic heterocycles. The van der Waals surface area contributed by atoms with Gasteiger partial charge in [-0.05, 0) is 36.6 Å². The molecule has 1 aromatic rings. The monoisotopic (exact) mass is 193 g/mol. The summed E-state index contributed by atoms with van der Waals surface area (Å²) in [5.41, 5.74) is 7.69. The standard InChI is InChI=1S/C9H11N3S/c1-6-11-8-4-7(5-10)2-3-9(8)13-12-6/h2-4H,5,10H2,1H3,(H,11,12). The van der Waals surface area contributed by atoms with Crippen molar-refractivity contribution >= 4 is 23.5 Å². The Morgan fingerprint density at radius 1 is 1.54 bits per heavy atom. The second-order valence-electron chi connectivity index (χ2n) is 2.91. The first-order chi connectivity index (χ1) is 6.29. The van der Waals surface area contributed by atoms with Crippen LogP contribution in [-0.4, -0.2) is 5.84 Å². The van der Waals surface area contributed by atoms with Gasteiger partial charge in [0.05, 0.1) is 10.6 Å². The molecule has 68 valence electrons. The molecule has 1 aliphatic heterocycles. The molecular formula is C9H11N3S. The number of nitrogens with two attached hydrogens (primary N) is 1. The van der Waals surface area contributed by atoms with Crippen molar-refractivity contribution in [2.75, 3.05) is 0 Å². The van der Waals surface area contributed by atoms with Crippen LogP contribution in [0.1, 0.15) is 12.5 Å². The topological polar surface area (TPSA) is 50.4 Å². The van der Waals surface area contributed by atoms with Gasteiger partial charge in [0.1, 0.15) is 5.84 Å². The van der Waals surface area contributed by atoms with Crippen LogP contribution in [0.25, 0.3) is 0 Å². The summed E-state index contributed by atoms with van der Waals surface area (Å²) in [6, 6.07) is 6.11. The van der Waals surface area contributed by atoms with Crippen LogP contribution in [0.15, 0.2) is 28.1 Å². The van der Waals surface area contributed by atoms with Crippen molar-refractivity contribution in [3.63, 3.8) is 0 Å². The van der Waals surface area contributed by atoms with Crippen LogP contribution in [0.3, 0.4) is 0 Å². The SMILES string of the molecule is CC1=Nc2cc(CN)ccc2SN1. The summed E-state index contributed by atoms with van der Waals surface area (Å²) in [5, 5.41) is 0. The van der Waals surface area contributed by atoms with Crippen LogP contribution in [0.4, 0.5) is 5.69 Å². The molecule has 3 nitrogen and oxygen atoms in total. The Kier molecular flexibility index (Phi) is 2.24. The van der Waals surface area contributed by atoms with Crippen LogP contribution in [-0.2, 0) is 6.54 Å². The molecule has 13 heavy (non-hydrogen) atoms. The number of fused-ring (bicyclic) bond motifs is 1. The number of nitrogens with one attached hydrogen (secondary N) is 1. The quantitative estimate of drug-likeness (QED) is 0.669. The Bertz CT molecular complexity index is 360. The average Bonchev–Trinajstić information content (AvgIpc) is 2.16. The Hall–Kier alpha value is -1.00. The van der Waals surface area contributed by atoms with Gasteiger partial charge in [-0.15, -0.1) is 0 Å². The minimum atomic E-state index is 0.569. The highest BCUT2D eigenvalue weighted by molar-refractivity contribution is 7.98. The van der Waals surface area contributed by atoms with Crippen LogP contribution in [0.2, 0.25) is 0 Å². The van der Waals surface area contributed by atoms with E-state index in [0.717, 1.165) is 22.0 Å². The largest absolute Gasteiger partial charge is 0.326 e. The number of hydrogen-bond donors (Lipinski definition) is 2. The van der Waals surface area contributed by atoms with Crippen LogP contribution < -0.4 is 10.5 Å². The molecule has 1 aliphatic rings. The van der Waals surface area contributed by atoms with E-state index in [1.165, 1.54) is 0 Å².